The summed E-state index contributed by atoms with van der Waals surface area (Å²) in [6.07, 6.45) is 9.29. The number of unbranched alkanes of at least 4 members (excludes halogenated alkanes) is 1. The van der Waals surface area contributed by atoms with Gasteiger partial charge in [0.25, 0.3) is 0 Å². The fraction of sp³-hybridized carbons (Fsp3) is 0.800. The fourth-order valence-electron chi connectivity index (χ4n) is 3.31. The lowest BCUT2D eigenvalue weighted by atomic mass is 9.63. The summed E-state index contributed by atoms with van der Waals surface area (Å²) in [5.74, 6) is 1.50. The predicted octanol–water partition coefficient (Wildman–Crippen LogP) is 2.54. The van der Waals surface area contributed by atoms with E-state index in [4.69, 9.17) is 4.74 Å². The van der Waals surface area contributed by atoms with Crippen LogP contribution in [0.4, 0.5) is 0 Å². The number of hydrogen-bond acceptors (Lipinski definition) is 3. The maximum atomic E-state index is 11.5. The highest BCUT2D eigenvalue weighted by Gasteiger charge is 2.40. The highest BCUT2D eigenvalue weighted by atomic mass is 16.5. The third-order valence-corrected chi connectivity index (χ3v) is 4.47. The van der Waals surface area contributed by atoms with Gasteiger partial charge in [-0.25, -0.2) is 0 Å². The van der Waals surface area contributed by atoms with Crippen molar-refractivity contribution in [3.8, 4) is 0 Å². The number of aliphatic hydroxyl groups is 1. The van der Waals surface area contributed by atoms with Crippen LogP contribution in [0, 0.1) is 23.7 Å². The first kappa shape index (κ1) is 13.6. The molecule has 0 spiro atoms. The minimum atomic E-state index is -0.0843. The number of allylic oxidation sites excluding steroid dienone is 2. The Balaban J connectivity index is 1.84. The van der Waals surface area contributed by atoms with Gasteiger partial charge in [-0.05, 0) is 37.0 Å². The Bertz CT molecular complexity index is 311. The molecule has 0 aliphatic heterocycles. The Morgan fingerprint density at radius 2 is 1.94 bits per heavy atom. The van der Waals surface area contributed by atoms with Crippen LogP contribution in [-0.4, -0.2) is 24.3 Å². The zero-order valence-electron chi connectivity index (χ0n) is 11.2. The van der Waals surface area contributed by atoms with Crippen LogP contribution < -0.4 is 0 Å². The number of fused-ring (bicyclic) bond motifs is 2. The number of aliphatic hydroxyl groups excluding tert-OH is 1. The van der Waals surface area contributed by atoms with Crippen molar-refractivity contribution in [2.45, 2.75) is 39.0 Å². The summed E-state index contributed by atoms with van der Waals surface area (Å²) < 4.78 is 5.38. The summed E-state index contributed by atoms with van der Waals surface area (Å²) in [5, 5.41) is 9.52. The van der Waals surface area contributed by atoms with Crippen LogP contribution in [-0.2, 0) is 9.53 Å². The van der Waals surface area contributed by atoms with Gasteiger partial charge in [-0.3, -0.25) is 4.79 Å². The first-order chi connectivity index (χ1) is 8.76. The molecule has 1 fully saturated rings. The number of carbonyl (C=O) groups is 1. The molecule has 2 bridgehead atoms. The average molecular weight is 252 g/mol. The Hall–Kier alpha value is -0.830. The number of ether oxygens (including phenoxy) is 1. The molecular formula is C15H24O3. The second kappa shape index (κ2) is 6.37. The van der Waals surface area contributed by atoms with E-state index in [9.17, 15) is 9.90 Å². The minimum absolute atomic E-state index is 0.0843. The molecule has 0 aromatic carbocycles. The first-order valence-corrected chi connectivity index (χ1v) is 7.21. The van der Waals surface area contributed by atoms with Crippen molar-refractivity contribution in [1.82, 2.24) is 0 Å². The van der Waals surface area contributed by atoms with E-state index in [0.717, 1.165) is 12.8 Å². The van der Waals surface area contributed by atoms with E-state index >= 15 is 0 Å². The lowest BCUT2D eigenvalue weighted by molar-refractivity contribution is -0.147. The third kappa shape index (κ3) is 2.94. The van der Waals surface area contributed by atoms with E-state index in [-0.39, 0.29) is 18.5 Å². The van der Waals surface area contributed by atoms with Crippen molar-refractivity contribution in [2.24, 2.45) is 23.7 Å². The van der Waals surface area contributed by atoms with Gasteiger partial charge in [0.05, 0.1) is 6.61 Å². The lowest BCUT2D eigenvalue weighted by Gasteiger charge is -2.44. The highest BCUT2D eigenvalue weighted by molar-refractivity contribution is 5.69. The number of hydrogen-bond donors (Lipinski definition) is 1. The van der Waals surface area contributed by atoms with Gasteiger partial charge in [0, 0.05) is 18.9 Å². The summed E-state index contributed by atoms with van der Waals surface area (Å²) in [5.41, 5.74) is 0. The van der Waals surface area contributed by atoms with Gasteiger partial charge in [-0.1, -0.05) is 25.5 Å². The number of esters is 1. The molecule has 102 valence electrons. The van der Waals surface area contributed by atoms with E-state index in [0.29, 0.717) is 30.8 Å². The van der Waals surface area contributed by atoms with Crippen molar-refractivity contribution in [3.63, 3.8) is 0 Å². The van der Waals surface area contributed by atoms with Gasteiger partial charge in [0.15, 0.2) is 0 Å². The lowest BCUT2D eigenvalue weighted by Crippen LogP contribution is -2.41. The molecule has 0 aromatic rings. The fourth-order valence-corrected chi connectivity index (χ4v) is 3.31. The van der Waals surface area contributed by atoms with Crippen molar-refractivity contribution >= 4 is 5.97 Å². The van der Waals surface area contributed by atoms with Crippen molar-refractivity contribution in [1.29, 1.82) is 0 Å². The van der Waals surface area contributed by atoms with Gasteiger partial charge in [-0.15, -0.1) is 0 Å². The SMILES string of the molecule is CCCCC(=O)OCC1C(CO)[C@@H]2C=C[C@H]1CC2. The standard InChI is InChI=1S/C15H24O3/c1-2-3-4-15(17)18-10-14-12-7-5-11(6-8-12)13(14)9-16/h5,7,11-14,16H,2-4,6,8-10H2,1H3/t11-,12+,13?,14?/m1/s1. The summed E-state index contributed by atoms with van der Waals surface area (Å²) in [7, 11) is 0. The molecule has 0 saturated heterocycles. The normalized spacial score (nSPS) is 33.7. The molecule has 2 unspecified atom stereocenters. The van der Waals surface area contributed by atoms with Crippen molar-refractivity contribution in [3.05, 3.63) is 12.2 Å². The smallest absolute Gasteiger partial charge is 0.305 e. The van der Waals surface area contributed by atoms with Crippen molar-refractivity contribution < 1.29 is 14.6 Å². The second-order valence-corrected chi connectivity index (χ2v) is 5.59. The highest BCUT2D eigenvalue weighted by Crippen LogP contribution is 2.44. The van der Waals surface area contributed by atoms with Gasteiger partial charge >= 0.3 is 5.97 Å². The summed E-state index contributed by atoms with van der Waals surface area (Å²) in [4.78, 5) is 11.5. The average Bonchev–Trinajstić information content (AvgIpc) is 2.43. The van der Waals surface area contributed by atoms with Crippen LogP contribution in [0.25, 0.3) is 0 Å². The second-order valence-electron chi connectivity index (χ2n) is 5.59. The van der Waals surface area contributed by atoms with Gasteiger partial charge in [0.1, 0.15) is 0 Å². The van der Waals surface area contributed by atoms with Crippen molar-refractivity contribution in [2.75, 3.05) is 13.2 Å². The molecule has 3 nitrogen and oxygen atoms in total. The third-order valence-electron chi connectivity index (χ3n) is 4.47. The summed E-state index contributed by atoms with van der Waals surface area (Å²) in [6, 6.07) is 0. The van der Waals surface area contributed by atoms with E-state index in [1.165, 1.54) is 12.8 Å². The van der Waals surface area contributed by atoms with Crippen LogP contribution in [0.15, 0.2) is 12.2 Å². The molecule has 3 aliphatic carbocycles. The Morgan fingerprint density at radius 3 is 2.50 bits per heavy atom. The number of carbonyl (C=O) groups excluding carboxylic acids is 1. The Kier molecular flexibility index (Phi) is 4.81. The van der Waals surface area contributed by atoms with Crippen LogP contribution in [0.3, 0.4) is 0 Å². The van der Waals surface area contributed by atoms with Gasteiger partial charge in [-0.2, -0.15) is 0 Å². The zero-order valence-corrected chi connectivity index (χ0v) is 11.2. The van der Waals surface area contributed by atoms with E-state index in [1.54, 1.807) is 0 Å². The van der Waals surface area contributed by atoms with E-state index in [2.05, 4.69) is 19.1 Å². The summed E-state index contributed by atoms with van der Waals surface area (Å²) in [6.45, 7) is 2.77. The molecule has 3 rings (SSSR count). The monoisotopic (exact) mass is 252 g/mol. The molecule has 0 aromatic heterocycles. The topological polar surface area (TPSA) is 46.5 Å². The number of rotatable bonds is 6. The maximum absolute atomic E-state index is 11.5. The van der Waals surface area contributed by atoms with Crippen LogP contribution in [0.5, 0.6) is 0 Å². The largest absolute Gasteiger partial charge is 0.465 e. The maximum Gasteiger partial charge on any atom is 0.305 e. The minimum Gasteiger partial charge on any atom is -0.465 e. The molecule has 1 saturated carbocycles. The van der Waals surface area contributed by atoms with E-state index < -0.39 is 0 Å². The van der Waals surface area contributed by atoms with Gasteiger partial charge in [0.2, 0.25) is 0 Å². The Labute approximate surface area is 109 Å². The summed E-state index contributed by atoms with van der Waals surface area (Å²) >= 11 is 0. The molecule has 3 aliphatic rings. The zero-order chi connectivity index (χ0) is 13.0. The van der Waals surface area contributed by atoms with Crippen LogP contribution in [0.1, 0.15) is 39.0 Å². The predicted molar refractivity (Wildman–Crippen MR) is 69.9 cm³/mol. The molecule has 1 N–H and O–H groups in total. The van der Waals surface area contributed by atoms with E-state index in [1.807, 2.05) is 0 Å². The molecule has 0 radical (unpaired) electrons. The van der Waals surface area contributed by atoms with Crippen LogP contribution in [0.2, 0.25) is 0 Å². The quantitative estimate of drug-likeness (QED) is 0.583. The first-order valence-electron chi connectivity index (χ1n) is 7.21. The molecule has 0 amide bonds. The Morgan fingerprint density at radius 1 is 1.28 bits per heavy atom. The molecule has 18 heavy (non-hydrogen) atoms. The molecule has 0 heterocycles. The van der Waals surface area contributed by atoms with Crippen LogP contribution >= 0.6 is 0 Å². The van der Waals surface area contributed by atoms with Gasteiger partial charge < -0.3 is 9.84 Å². The molecule has 3 heteroatoms. The molecule has 4 atom stereocenters. The molecular weight excluding hydrogens is 228 g/mol.